The number of hydrogen-bond acceptors (Lipinski definition) is 8. The number of hydrogen-bond donors (Lipinski definition) is 0. The molecular formula is C24H32O8Si2. The molecule has 0 aliphatic heterocycles. The van der Waals surface area contributed by atoms with Crippen LogP contribution in [0.5, 0.6) is 0 Å². The fraction of sp³-hybridized carbons (Fsp3) is 0.292. The van der Waals surface area contributed by atoms with E-state index in [0.717, 1.165) is 36.8 Å². The van der Waals surface area contributed by atoms with Gasteiger partial charge in [0.25, 0.3) is 17.9 Å². The molecule has 10 heteroatoms. The van der Waals surface area contributed by atoms with E-state index in [-0.39, 0.29) is 0 Å². The Bertz CT molecular complexity index is 846. The van der Waals surface area contributed by atoms with Gasteiger partial charge in [0.1, 0.15) is 0 Å². The van der Waals surface area contributed by atoms with Gasteiger partial charge in [0, 0.05) is 39.7 Å². The third-order valence-electron chi connectivity index (χ3n) is 4.11. The van der Waals surface area contributed by atoms with E-state index >= 15 is 0 Å². The molecule has 0 bridgehead atoms. The van der Waals surface area contributed by atoms with Gasteiger partial charge in [-0.25, -0.2) is 0 Å². The zero-order valence-corrected chi connectivity index (χ0v) is 22.2. The molecule has 8 nitrogen and oxygen atoms in total. The summed E-state index contributed by atoms with van der Waals surface area (Å²) in [4.78, 5) is 32.3. The SMILES string of the molecule is C=C[Si](OC(C)=O)(OC(C)=O)OC(C)=O.CCO[Si](OCC)(c1ccccc1)c1ccccc1. The summed E-state index contributed by atoms with van der Waals surface area (Å²) >= 11 is 0. The van der Waals surface area contributed by atoms with Crippen molar-refractivity contribution in [2.75, 3.05) is 13.2 Å². The molecule has 0 amide bonds. The van der Waals surface area contributed by atoms with Crippen molar-refractivity contribution in [1.29, 1.82) is 0 Å². The molecule has 2 aromatic carbocycles. The van der Waals surface area contributed by atoms with Crippen molar-refractivity contribution in [2.45, 2.75) is 34.6 Å². The molecule has 34 heavy (non-hydrogen) atoms. The highest BCUT2D eigenvalue weighted by atomic mass is 28.4. The summed E-state index contributed by atoms with van der Waals surface area (Å²) in [5, 5.41) is 2.31. The minimum Gasteiger partial charge on any atom is -0.452 e. The van der Waals surface area contributed by atoms with Gasteiger partial charge in [-0.1, -0.05) is 67.2 Å². The van der Waals surface area contributed by atoms with Crippen LogP contribution in [0.3, 0.4) is 0 Å². The standard InChI is InChI=1S/C16H20O2Si.C8H12O6Si/c1-3-17-19(18-4-2,15-11-7-5-8-12-15)16-13-9-6-10-14-16;1-5-15(12-6(2)9,13-7(3)10)14-8(4)11/h5-14H,3-4H2,1-2H3;5H,1H2,2-4H3. The van der Waals surface area contributed by atoms with Crippen LogP contribution in [0.1, 0.15) is 34.6 Å². The first-order valence-corrected chi connectivity index (χ1v) is 14.4. The normalized spacial score (nSPS) is 10.9. The summed E-state index contributed by atoms with van der Waals surface area (Å²) < 4.78 is 26.4. The van der Waals surface area contributed by atoms with Crippen molar-refractivity contribution in [2.24, 2.45) is 0 Å². The van der Waals surface area contributed by atoms with Gasteiger partial charge >= 0.3 is 17.4 Å². The molecule has 0 saturated carbocycles. The van der Waals surface area contributed by atoms with Crippen molar-refractivity contribution < 1.29 is 36.5 Å². The molecule has 0 aliphatic rings. The Kier molecular flexibility index (Phi) is 12.2. The van der Waals surface area contributed by atoms with E-state index in [9.17, 15) is 14.4 Å². The Morgan fingerprint density at radius 1 is 0.706 bits per heavy atom. The molecule has 0 heterocycles. The largest absolute Gasteiger partial charge is 0.734 e. The van der Waals surface area contributed by atoms with Crippen LogP contribution in [0, 0.1) is 0 Å². The second-order valence-corrected chi connectivity index (χ2v) is 12.0. The predicted octanol–water partition coefficient (Wildman–Crippen LogP) is 2.66. The van der Waals surface area contributed by atoms with Gasteiger partial charge < -0.3 is 22.1 Å². The average molecular weight is 505 g/mol. The lowest BCUT2D eigenvalue weighted by Crippen LogP contribution is -2.63. The van der Waals surface area contributed by atoms with Crippen LogP contribution in [0.15, 0.2) is 72.9 Å². The minimum absolute atomic E-state index is 0.649. The Balaban J connectivity index is 0.000000352. The van der Waals surface area contributed by atoms with Crippen molar-refractivity contribution in [3.63, 3.8) is 0 Å². The first-order valence-electron chi connectivity index (χ1n) is 10.8. The predicted molar refractivity (Wildman–Crippen MR) is 132 cm³/mol. The highest BCUT2D eigenvalue weighted by molar-refractivity contribution is 6.92. The molecule has 0 saturated heterocycles. The average Bonchev–Trinajstić information content (AvgIpc) is 2.79. The molecule has 0 atom stereocenters. The Labute approximate surface area is 203 Å². The number of carbonyl (C=O) groups excluding carboxylic acids is 3. The number of carbonyl (C=O) groups is 3. The van der Waals surface area contributed by atoms with E-state index in [1.807, 2.05) is 50.2 Å². The Morgan fingerprint density at radius 3 is 1.26 bits per heavy atom. The van der Waals surface area contributed by atoms with Crippen LogP contribution < -0.4 is 10.4 Å². The molecule has 0 N–H and O–H groups in total. The zero-order valence-electron chi connectivity index (χ0n) is 20.2. The van der Waals surface area contributed by atoms with Crippen molar-refractivity contribution in [3.8, 4) is 0 Å². The second-order valence-electron chi connectivity index (χ2n) is 6.80. The third-order valence-corrected chi connectivity index (χ3v) is 9.90. The lowest BCUT2D eigenvalue weighted by atomic mass is 10.4. The lowest BCUT2D eigenvalue weighted by Gasteiger charge is -2.30. The van der Waals surface area contributed by atoms with Crippen molar-refractivity contribution in [3.05, 3.63) is 72.9 Å². The van der Waals surface area contributed by atoms with Gasteiger partial charge in [0.2, 0.25) is 0 Å². The first-order chi connectivity index (χ1) is 16.1. The monoisotopic (exact) mass is 504 g/mol. The topological polar surface area (TPSA) is 97.4 Å². The molecule has 2 rings (SSSR count). The van der Waals surface area contributed by atoms with E-state index in [4.69, 9.17) is 22.1 Å². The van der Waals surface area contributed by atoms with E-state index < -0.39 is 35.3 Å². The van der Waals surface area contributed by atoms with Gasteiger partial charge in [-0.2, -0.15) is 0 Å². The van der Waals surface area contributed by atoms with Crippen LogP contribution in [-0.4, -0.2) is 48.5 Å². The molecule has 0 spiro atoms. The van der Waals surface area contributed by atoms with Crippen LogP contribution in [0.2, 0.25) is 0 Å². The van der Waals surface area contributed by atoms with Gasteiger partial charge in [0.05, 0.1) is 0 Å². The maximum absolute atomic E-state index is 10.8. The molecule has 0 fully saturated rings. The summed E-state index contributed by atoms with van der Waals surface area (Å²) in [6.07, 6.45) is 0. The molecule has 184 valence electrons. The minimum atomic E-state index is -3.74. The third kappa shape index (κ3) is 8.71. The lowest BCUT2D eigenvalue weighted by molar-refractivity contribution is -0.146. The zero-order chi connectivity index (χ0) is 25.6. The number of rotatable bonds is 10. The summed E-state index contributed by atoms with van der Waals surface area (Å²) in [6.45, 7) is 12.0. The maximum atomic E-state index is 10.8. The van der Waals surface area contributed by atoms with Gasteiger partial charge in [-0.15, -0.1) is 0 Å². The van der Waals surface area contributed by atoms with Crippen molar-refractivity contribution >= 4 is 45.6 Å². The van der Waals surface area contributed by atoms with Gasteiger partial charge in [-0.05, 0) is 24.2 Å². The summed E-state index contributed by atoms with van der Waals surface area (Å²) in [5.74, 6) is -2.16. The summed E-state index contributed by atoms with van der Waals surface area (Å²) in [5.41, 5.74) is 1.04. The van der Waals surface area contributed by atoms with Gasteiger partial charge in [0.15, 0.2) is 0 Å². The summed E-state index contributed by atoms with van der Waals surface area (Å²) in [7, 11) is -6.29. The fourth-order valence-electron chi connectivity index (χ4n) is 3.05. The van der Waals surface area contributed by atoms with Crippen LogP contribution in [0.25, 0.3) is 0 Å². The second kappa shape index (κ2) is 14.3. The van der Waals surface area contributed by atoms with Gasteiger partial charge in [-0.3, -0.25) is 14.4 Å². The summed E-state index contributed by atoms with van der Waals surface area (Å²) in [6, 6.07) is 20.6. The Hall–Kier alpha value is -3.06. The smallest absolute Gasteiger partial charge is 0.452 e. The fourth-order valence-corrected chi connectivity index (χ4v) is 7.79. The highest BCUT2D eigenvalue weighted by Gasteiger charge is 2.49. The number of benzene rings is 2. The molecular weight excluding hydrogens is 472 g/mol. The quantitative estimate of drug-likeness (QED) is 0.456. The Morgan fingerprint density at radius 2 is 1.03 bits per heavy atom. The van der Waals surface area contributed by atoms with E-state index in [1.165, 1.54) is 0 Å². The van der Waals surface area contributed by atoms with Crippen LogP contribution >= 0.6 is 0 Å². The van der Waals surface area contributed by atoms with E-state index in [1.54, 1.807) is 0 Å². The van der Waals surface area contributed by atoms with E-state index in [2.05, 4.69) is 30.8 Å². The highest BCUT2D eigenvalue weighted by Crippen LogP contribution is 2.12. The van der Waals surface area contributed by atoms with Crippen LogP contribution in [0.4, 0.5) is 0 Å². The molecule has 0 aliphatic carbocycles. The first kappa shape index (κ1) is 29.0. The molecule has 0 unspecified atom stereocenters. The van der Waals surface area contributed by atoms with Crippen LogP contribution in [-0.2, 0) is 36.5 Å². The van der Waals surface area contributed by atoms with Crippen molar-refractivity contribution in [1.82, 2.24) is 0 Å². The molecule has 0 radical (unpaired) electrons. The molecule has 0 aromatic heterocycles. The maximum Gasteiger partial charge on any atom is 0.734 e. The molecule has 2 aromatic rings. The van der Waals surface area contributed by atoms with E-state index in [0.29, 0.717) is 13.2 Å².